The molecule has 0 saturated carbocycles. The lowest BCUT2D eigenvalue weighted by Crippen LogP contribution is -2.50. The van der Waals surface area contributed by atoms with Gasteiger partial charge in [-0.25, -0.2) is 4.79 Å². The summed E-state index contributed by atoms with van der Waals surface area (Å²) in [6, 6.07) is 25.0. The van der Waals surface area contributed by atoms with Crippen molar-refractivity contribution < 1.29 is 14.3 Å². The Kier molecular flexibility index (Phi) is 9.39. The van der Waals surface area contributed by atoms with E-state index in [4.69, 9.17) is 26.3 Å². The molecule has 0 radical (unpaired) electrons. The Morgan fingerprint density at radius 3 is 2.43 bits per heavy atom. The van der Waals surface area contributed by atoms with Crippen molar-refractivity contribution in [3.63, 3.8) is 0 Å². The quantitative estimate of drug-likeness (QED) is 0.403. The molecule has 37 heavy (non-hydrogen) atoms. The first-order valence-corrected chi connectivity index (χ1v) is 12.7. The molecular weight excluding hydrogens is 488 g/mol. The molecule has 0 unspecified atom stereocenters. The number of carbonyl (C=O) groups is 1. The lowest BCUT2D eigenvalue weighted by molar-refractivity contribution is 0.00588. The van der Waals surface area contributed by atoms with E-state index in [9.17, 15) is 4.79 Å². The zero-order chi connectivity index (χ0) is 26.0. The van der Waals surface area contributed by atoms with Gasteiger partial charge in [0.15, 0.2) is 0 Å². The molecule has 7 nitrogen and oxygen atoms in total. The number of methoxy groups -OCH3 is 1. The van der Waals surface area contributed by atoms with Crippen molar-refractivity contribution >= 4 is 23.3 Å². The highest BCUT2D eigenvalue weighted by atomic mass is 35.5. The number of benzene rings is 3. The monoisotopic (exact) mass is 518 g/mol. The van der Waals surface area contributed by atoms with Gasteiger partial charge in [0.05, 0.1) is 32.3 Å². The van der Waals surface area contributed by atoms with Crippen LogP contribution in [-0.4, -0.2) is 55.7 Å². The molecule has 4 rings (SSSR count). The second kappa shape index (κ2) is 13.1. The van der Waals surface area contributed by atoms with Gasteiger partial charge < -0.3 is 19.7 Å². The van der Waals surface area contributed by atoms with Crippen LogP contribution < -0.4 is 10.1 Å². The molecule has 1 aliphatic heterocycles. The second-order valence-corrected chi connectivity index (χ2v) is 9.39. The molecule has 3 aromatic carbocycles. The third-order valence-electron chi connectivity index (χ3n) is 6.40. The standard InChI is InChI=1S/C29H31ClN4O3/c1-36-27-4-2-3-23(19-27)21-37-28(24-7-9-25(30)10-8-24)20-33-15-17-34(18-16-33)29(35)32-26-11-5-22(6-12-26)13-14-31/h2-12,19,28H,13,15-18,20-21H2,1H3,(H,32,35)/t28-/m1/s1. The Morgan fingerprint density at radius 2 is 1.76 bits per heavy atom. The van der Waals surface area contributed by atoms with Crippen LogP contribution in [0.1, 0.15) is 22.8 Å². The molecule has 1 saturated heterocycles. The summed E-state index contributed by atoms with van der Waals surface area (Å²) < 4.78 is 11.7. The third kappa shape index (κ3) is 7.70. The van der Waals surface area contributed by atoms with E-state index in [0.717, 1.165) is 41.2 Å². The van der Waals surface area contributed by atoms with E-state index < -0.39 is 0 Å². The minimum atomic E-state index is -0.143. The fourth-order valence-corrected chi connectivity index (χ4v) is 4.38. The van der Waals surface area contributed by atoms with Crippen molar-refractivity contribution in [2.24, 2.45) is 0 Å². The maximum Gasteiger partial charge on any atom is 0.321 e. The Hall–Kier alpha value is -3.57. The smallest absolute Gasteiger partial charge is 0.321 e. The first-order chi connectivity index (χ1) is 18.0. The summed E-state index contributed by atoms with van der Waals surface area (Å²) >= 11 is 6.12. The van der Waals surface area contributed by atoms with Gasteiger partial charge in [-0.3, -0.25) is 4.90 Å². The van der Waals surface area contributed by atoms with Crippen molar-refractivity contribution in [2.75, 3.05) is 45.2 Å². The summed E-state index contributed by atoms with van der Waals surface area (Å²) in [6.45, 7) is 3.92. The predicted octanol–water partition coefficient (Wildman–Crippen LogP) is 5.52. The van der Waals surface area contributed by atoms with Gasteiger partial charge in [-0.15, -0.1) is 0 Å². The van der Waals surface area contributed by atoms with Crippen LogP contribution in [-0.2, 0) is 17.8 Å². The van der Waals surface area contributed by atoms with Gasteiger partial charge in [0.1, 0.15) is 5.75 Å². The molecule has 3 aromatic rings. The fraction of sp³-hybridized carbons (Fsp3) is 0.310. The van der Waals surface area contributed by atoms with Gasteiger partial charge in [0.25, 0.3) is 0 Å². The van der Waals surface area contributed by atoms with Crippen molar-refractivity contribution in [1.82, 2.24) is 9.80 Å². The largest absolute Gasteiger partial charge is 0.497 e. The lowest BCUT2D eigenvalue weighted by Gasteiger charge is -2.36. The van der Waals surface area contributed by atoms with Crippen LogP contribution in [0.3, 0.4) is 0 Å². The number of urea groups is 1. The van der Waals surface area contributed by atoms with Gasteiger partial charge in [-0.2, -0.15) is 5.26 Å². The van der Waals surface area contributed by atoms with Crippen LogP contribution in [0.4, 0.5) is 10.5 Å². The van der Waals surface area contributed by atoms with Crippen LogP contribution in [0, 0.1) is 11.3 Å². The summed E-state index contributed by atoms with van der Waals surface area (Å²) in [5.74, 6) is 0.802. The van der Waals surface area contributed by atoms with E-state index in [2.05, 4.69) is 16.3 Å². The van der Waals surface area contributed by atoms with Gasteiger partial charge in [-0.05, 0) is 53.1 Å². The number of rotatable bonds is 9. The molecule has 0 spiro atoms. The number of hydrogen-bond acceptors (Lipinski definition) is 5. The Morgan fingerprint density at radius 1 is 1.03 bits per heavy atom. The highest BCUT2D eigenvalue weighted by Crippen LogP contribution is 2.24. The molecule has 1 fully saturated rings. The average Bonchev–Trinajstić information content (AvgIpc) is 2.93. The highest BCUT2D eigenvalue weighted by molar-refractivity contribution is 6.30. The number of anilines is 1. The molecule has 1 aliphatic rings. The van der Waals surface area contributed by atoms with Gasteiger partial charge in [-0.1, -0.05) is 48.0 Å². The van der Waals surface area contributed by atoms with E-state index >= 15 is 0 Å². The maximum atomic E-state index is 12.8. The van der Waals surface area contributed by atoms with Crippen molar-refractivity contribution in [1.29, 1.82) is 5.26 Å². The zero-order valence-electron chi connectivity index (χ0n) is 20.9. The van der Waals surface area contributed by atoms with Crippen molar-refractivity contribution in [2.45, 2.75) is 19.1 Å². The SMILES string of the molecule is COc1cccc(CO[C@H](CN2CCN(C(=O)Nc3ccc(CC#N)cc3)CC2)c2ccc(Cl)cc2)c1. The maximum absolute atomic E-state index is 12.8. The van der Waals surface area contributed by atoms with Gasteiger partial charge >= 0.3 is 6.03 Å². The predicted molar refractivity (Wildman–Crippen MR) is 145 cm³/mol. The molecule has 1 N–H and O–H groups in total. The summed E-state index contributed by atoms with van der Waals surface area (Å²) in [6.07, 6.45) is 0.215. The average molecular weight is 519 g/mol. The number of hydrogen-bond donors (Lipinski definition) is 1. The number of amides is 2. The molecular formula is C29H31ClN4O3. The summed E-state index contributed by atoms with van der Waals surface area (Å²) in [4.78, 5) is 16.9. The lowest BCUT2D eigenvalue weighted by atomic mass is 10.1. The first kappa shape index (κ1) is 26.5. The topological polar surface area (TPSA) is 77.8 Å². The Bertz CT molecular complexity index is 1200. The molecule has 8 heteroatoms. The normalized spacial score (nSPS) is 14.6. The van der Waals surface area contributed by atoms with Crippen molar-refractivity contribution in [3.8, 4) is 11.8 Å². The van der Waals surface area contributed by atoms with Crippen LogP contribution in [0.15, 0.2) is 72.8 Å². The molecule has 1 heterocycles. The number of nitrogens with zero attached hydrogens (tertiary/aromatic N) is 3. The van der Waals surface area contributed by atoms with Gasteiger partial charge in [0.2, 0.25) is 0 Å². The Balaban J connectivity index is 1.33. The third-order valence-corrected chi connectivity index (χ3v) is 6.65. The first-order valence-electron chi connectivity index (χ1n) is 12.3. The minimum Gasteiger partial charge on any atom is -0.497 e. The highest BCUT2D eigenvalue weighted by Gasteiger charge is 2.24. The second-order valence-electron chi connectivity index (χ2n) is 8.95. The van der Waals surface area contributed by atoms with Crippen LogP contribution in [0.5, 0.6) is 5.75 Å². The summed E-state index contributed by atoms with van der Waals surface area (Å²) in [5.41, 5.74) is 3.76. The van der Waals surface area contributed by atoms with Crippen LogP contribution in [0.25, 0.3) is 0 Å². The van der Waals surface area contributed by atoms with Gasteiger partial charge in [0, 0.05) is 43.4 Å². The Labute approximate surface area is 223 Å². The van der Waals surface area contributed by atoms with E-state index in [1.54, 1.807) is 7.11 Å². The fourth-order valence-electron chi connectivity index (χ4n) is 4.26. The summed E-state index contributed by atoms with van der Waals surface area (Å²) in [7, 11) is 1.66. The molecule has 1 atom stereocenters. The number of nitriles is 1. The summed E-state index contributed by atoms with van der Waals surface area (Å²) in [5, 5.41) is 12.5. The van der Waals surface area contributed by atoms with Crippen LogP contribution >= 0.6 is 11.6 Å². The van der Waals surface area contributed by atoms with E-state index in [-0.39, 0.29) is 12.1 Å². The van der Waals surface area contributed by atoms with E-state index in [0.29, 0.717) is 37.7 Å². The molecule has 2 amide bonds. The van der Waals surface area contributed by atoms with Crippen molar-refractivity contribution in [3.05, 3.63) is 94.5 Å². The number of carbonyl (C=O) groups excluding carboxylic acids is 1. The number of halogens is 1. The number of piperazine rings is 1. The van der Waals surface area contributed by atoms with E-state index in [1.807, 2.05) is 77.7 Å². The molecule has 0 aromatic heterocycles. The number of nitrogens with one attached hydrogen (secondary N) is 1. The minimum absolute atomic E-state index is 0.115. The number of ether oxygens (including phenoxy) is 2. The molecule has 0 bridgehead atoms. The molecule has 0 aliphatic carbocycles. The van der Waals surface area contributed by atoms with Crippen LogP contribution in [0.2, 0.25) is 5.02 Å². The molecule has 192 valence electrons. The van der Waals surface area contributed by atoms with E-state index in [1.165, 1.54) is 0 Å². The zero-order valence-corrected chi connectivity index (χ0v) is 21.7.